The van der Waals surface area contributed by atoms with Gasteiger partial charge in [-0.1, -0.05) is 0 Å². The number of aromatic nitrogens is 4. The Hall–Kier alpha value is -2.92. The van der Waals surface area contributed by atoms with Gasteiger partial charge in [0.05, 0.1) is 33.3 Å². The van der Waals surface area contributed by atoms with Gasteiger partial charge in [0.1, 0.15) is 29.9 Å². The molecule has 7 atom stereocenters. The van der Waals surface area contributed by atoms with Gasteiger partial charge in [0.25, 0.3) is 0 Å². The number of carbonyl (C=O) groups is 2. The SMILES string of the molecule is CCOC(=O)[C@H](C)NP(=O)(N[C@H](C)C(=O)OCC)OC[C@H]1O[C@@H](n2cnc3c(OC)nc(N)nc32)[C@](C)(O)[C@@H]1O. The van der Waals surface area contributed by atoms with Crippen molar-refractivity contribution in [1.82, 2.24) is 29.7 Å². The minimum atomic E-state index is -4.19. The fourth-order valence-corrected chi connectivity index (χ4v) is 5.85. The summed E-state index contributed by atoms with van der Waals surface area (Å²) < 4.78 is 41.7. The molecule has 40 heavy (non-hydrogen) atoms. The van der Waals surface area contributed by atoms with E-state index in [4.69, 9.17) is 29.2 Å². The molecule has 1 aliphatic rings. The van der Waals surface area contributed by atoms with Crippen molar-refractivity contribution in [3.05, 3.63) is 6.33 Å². The topological polar surface area (TPSA) is 232 Å². The molecule has 3 heterocycles. The van der Waals surface area contributed by atoms with Crippen LogP contribution in [0.2, 0.25) is 0 Å². The lowest BCUT2D eigenvalue weighted by Crippen LogP contribution is -2.45. The molecule has 2 aromatic heterocycles. The second-order valence-electron chi connectivity index (χ2n) is 9.17. The zero-order valence-electron chi connectivity index (χ0n) is 23.1. The largest absolute Gasteiger partial charge is 0.479 e. The summed E-state index contributed by atoms with van der Waals surface area (Å²) in [6.45, 7) is 7.00. The highest BCUT2D eigenvalue weighted by Crippen LogP contribution is 2.44. The number of fused-ring (bicyclic) bond motifs is 1. The van der Waals surface area contributed by atoms with Crippen LogP contribution in [0, 0.1) is 0 Å². The van der Waals surface area contributed by atoms with E-state index in [1.165, 1.54) is 38.8 Å². The van der Waals surface area contributed by atoms with Crippen LogP contribution in [-0.4, -0.2) is 98.5 Å². The summed E-state index contributed by atoms with van der Waals surface area (Å²) in [4.78, 5) is 36.7. The average Bonchev–Trinajstić information content (AvgIpc) is 3.40. The Balaban J connectivity index is 1.84. The van der Waals surface area contributed by atoms with Crippen molar-refractivity contribution in [2.24, 2.45) is 0 Å². The molecule has 18 heteroatoms. The summed E-state index contributed by atoms with van der Waals surface area (Å²) in [5, 5.41) is 27.2. The number of methoxy groups -OCH3 is 1. The maximum absolute atomic E-state index is 13.7. The molecule has 1 fully saturated rings. The van der Waals surface area contributed by atoms with Crippen LogP contribution in [-0.2, 0) is 32.9 Å². The molecular formula is C22H36N7O10P. The molecule has 1 saturated heterocycles. The Morgan fingerprint density at radius 3 is 2.30 bits per heavy atom. The van der Waals surface area contributed by atoms with Gasteiger partial charge in [0, 0.05) is 0 Å². The fourth-order valence-electron chi connectivity index (χ4n) is 4.04. The zero-order chi connectivity index (χ0) is 29.8. The predicted octanol–water partition coefficient (Wildman–Crippen LogP) is -0.366. The number of esters is 2. The van der Waals surface area contributed by atoms with E-state index in [-0.39, 0.29) is 36.2 Å². The number of nitrogens with one attached hydrogen (secondary N) is 2. The number of hydrogen-bond donors (Lipinski definition) is 5. The lowest BCUT2D eigenvalue weighted by molar-refractivity contribution is -0.145. The number of imidazole rings is 1. The van der Waals surface area contributed by atoms with Gasteiger partial charge in [-0.15, -0.1) is 0 Å². The number of nitrogens with zero attached hydrogens (tertiary/aromatic N) is 4. The maximum atomic E-state index is 13.7. The van der Waals surface area contributed by atoms with Gasteiger partial charge in [-0.25, -0.2) is 15.2 Å². The third-order valence-corrected chi connectivity index (χ3v) is 8.00. The zero-order valence-corrected chi connectivity index (χ0v) is 24.0. The van der Waals surface area contributed by atoms with Crippen molar-refractivity contribution < 1.29 is 47.8 Å². The van der Waals surface area contributed by atoms with E-state index >= 15 is 0 Å². The Morgan fingerprint density at radius 2 is 1.77 bits per heavy atom. The third kappa shape index (κ3) is 6.68. The molecule has 0 bridgehead atoms. The van der Waals surface area contributed by atoms with E-state index in [0.717, 1.165) is 0 Å². The first-order chi connectivity index (χ1) is 18.8. The number of nitrogen functional groups attached to an aromatic ring is 1. The molecule has 6 N–H and O–H groups in total. The van der Waals surface area contributed by atoms with Crippen molar-refractivity contribution in [2.75, 3.05) is 32.7 Å². The molecule has 0 aliphatic carbocycles. The predicted molar refractivity (Wildman–Crippen MR) is 139 cm³/mol. The van der Waals surface area contributed by atoms with Gasteiger partial charge in [0.15, 0.2) is 17.4 Å². The number of anilines is 1. The Morgan fingerprint density at radius 1 is 1.20 bits per heavy atom. The molecule has 0 saturated carbocycles. The monoisotopic (exact) mass is 589 g/mol. The van der Waals surface area contributed by atoms with Gasteiger partial charge >= 0.3 is 19.6 Å². The first-order valence-electron chi connectivity index (χ1n) is 12.5. The Kier molecular flexibility index (Phi) is 10.1. The number of nitrogens with two attached hydrogens (primary N) is 1. The second-order valence-corrected chi connectivity index (χ2v) is 11.0. The summed E-state index contributed by atoms with van der Waals surface area (Å²) in [6, 6.07) is -2.20. The van der Waals surface area contributed by atoms with E-state index < -0.39 is 62.3 Å². The van der Waals surface area contributed by atoms with Gasteiger partial charge in [0.2, 0.25) is 11.8 Å². The molecule has 0 spiro atoms. The lowest BCUT2D eigenvalue weighted by atomic mass is 9.96. The number of hydrogen-bond acceptors (Lipinski definition) is 14. The molecule has 0 aromatic carbocycles. The first-order valence-corrected chi connectivity index (χ1v) is 14.1. The van der Waals surface area contributed by atoms with Crippen LogP contribution >= 0.6 is 7.67 Å². The van der Waals surface area contributed by atoms with Crippen molar-refractivity contribution >= 4 is 36.7 Å². The summed E-state index contributed by atoms with van der Waals surface area (Å²) in [5.41, 5.74) is 4.28. The first kappa shape index (κ1) is 31.6. The van der Waals surface area contributed by atoms with Crippen molar-refractivity contribution in [1.29, 1.82) is 0 Å². The van der Waals surface area contributed by atoms with Crippen molar-refractivity contribution in [3.8, 4) is 5.88 Å². The maximum Gasteiger partial charge on any atom is 0.342 e. The fraction of sp³-hybridized carbons (Fsp3) is 0.682. The van der Waals surface area contributed by atoms with E-state index in [0.29, 0.717) is 0 Å². The molecule has 1 unspecified atom stereocenters. The van der Waals surface area contributed by atoms with E-state index in [1.54, 1.807) is 13.8 Å². The molecule has 224 valence electrons. The standard InChI is InChI=1S/C22H36N7O10P/c1-7-36-18(31)11(3)27-40(34,28-12(4)19(32)37-8-2)38-9-13-15(30)22(5,33)20(39-13)29-10-24-14-16(29)25-21(23)26-17(14)35-6/h10-13,15,20,30,33H,7-9H2,1-6H3,(H2,23,25,26)(H2,27,28,34)/t11-,12+,13-,15-,20-,22-,40?/m1/s1. The summed E-state index contributed by atoms with van der Waals surface area (Å²) >= 11 is 0. The van der Waals surface area contributed by atoms with E-state index in [2.05, 4.69) is 25.1 Å². The highest BCUT2D eigenvalue weighted by molar-refractivity contribution is 7.54. The van der Waals surface area contributed by atoms with Gasteiger partial charge in [-0.05, 0) is 34.6 Å². The van der Waals surface area contributed by atoms with E-state index in [9.17, 15) is 24.4 Å². The lowest BCUT2D eigenvalue weighted by Gasteiger charge is -2.28. The number of rotatable bonds is 13. The van der Waals surface area contributed by atoms with Gasteiger partial charge in [-0.3, -0.25) is 18.7 Å². The van der Waals surface area contributed by atoms with Crippen LogP contribution in [0.25, 0.3) is 11.2 Å². The minimum absolute atomic E-state index is 0.0899. The van der Waals surface area contributed by atoms with Gasteiger partial charge in [-0.2, -0.15) is 9.97 Å². The summed E-state index contributed by atoms with van der Waals surface area (Å²) in [6.07, 6.45) is -2.70. The second kappa shape index (κ2) is 12.7. The molecular weight excluding hydrogens is 553 g/mol. The van der Waals surface area contributed by atoms with Crippen LogP contribution in [0.3, 0.4) is 0 Å². The minimum Gasteiger partial charge on any atom is -0.479 e. The van der Waals surface area contributed by atoms with Crippen LogP contribution in [0.15, 0.2) is 6.33 Å². The highest BCUT2D eigenvalue weighted by Gasteiger charge is 2.54. The average molecular weight is 590 g/mol. The molecule has 0 radical (unpaired) electrons. The smallest absolute Gasteiger partial charge is 0.342 e. The number of aliphatic hydroxyl groups excluding tert-OH is 1. The highest BCUT2D eigenvalue weighted by atomic mass is 31.2. The quantitative estimate of drug-likeness (QED) is 0.148. The Labute approximate surface area is 230 Å². The summed E-state index contributed by atoms with van der Waals surface area (Å²) in [7, 11) is -2.81. The van der Waals surface area contributed by atoms with Crippen LogP contribution < -0.4 is 20.6 Å². The van der Waals surface area contributed by atoms with Crippen molar-refractivity contribution in [3.63, 3.8) is 0 Å². The third-order valence-electron chi connectivity index (χ3n) is 6.04. The molecule has 17 nitrogen and oxygen atoms in total. The summed E-state index contributed by atoms with van der Waals surface area (Å²) in [5.74, 6) is -1.43. The molecule has 3 rings (SSSR count). The van der Waals surface area contributed by atoms with Gasteiger partial charge < -0.3 is 39.4 Å². The molecule has 0 amide bonds. The van der Waals surface area contributed by atoms with E-state index in [1.807, 2.05) is 0 Å². The normalized spacial score (nSPS) is 25.8. The van der Waals surface area contributed by atoms with Crippen LogP contribution in [0.1, 0.15) is 40.8 Å². The molecule has 1 aliphatic heterocycles. The van der Waals surface area contributed by atoms with Crippen LogP contribution in [0.4, 0.5) is 5.95 Å². The number of aliphatic hydroxyl groups is 2. The Bertz CT molecular complexity index is 1230. The van der Waals surface area contributed by atoms with Crippen molar-refractivity contribution in [2.45, 2.75) is 70.7 Å². The molecule has 2 aromatic rings. The number of ether oxygens (including phenoxy) is 4. The van der Waals surface area contributed by atoms with Crippen LogP contribution in [0.5, 0.6) is 5.88 Å². The number of carbonyl (C=O) groups excluding carboxylic acids is 2.